The average Bonchev–Trinajstić information content (AvgIpc) is 3.38. The molecule has 0 bridgehead atoms. The van der Waals surface area contributed by atoms with Gasteiger partial charge in [0.15, 0.2) is 12.4 Å². The standard InChI is InChI=1S/C23H23Cl3N6O3/c1-11-20(26)13(3)31(28-11)9-17-15(5)35-30-22(17)23(33)27-21-12(2)29-32(14(21)4)10-34-19-7-6-16(24)8-18(19)25/h6-8H,9-10H2,1-5H3,(H,27,33). The van der Waals surface area contributed by atoms with Gasteiger partial charge in [0.2, 0.25) is 0 Å². The number of hydrogen-bond acceptors (Lipinski definition) is 6. The highest BCUT2D eigenvalue weighted by molar-refractivity contribution is 6.35. The van der Waals surface area contributed by atoms with Gasteiger partial charge in [-0.3, -0.25) is 9.48 Å². The van der Waals surface area contributed by atoms with Gasteiger partial charge < -0.3 is 14.6 Å². The van der Waals surface area contributed by atoms with E-state index < -0.39 is 5.91 Å². The van der Waals surface area contributed by atoms with Crippen LogP contribution < -0.4 is 10.1 Å². The first-order valence-electron chi connectivity index (χ1n) is 10.6. The van der Waals surface area contributed by atoms with Crippen molar-refractivity contribution < 1.29 is 14.1 Å². The number of carbonyl (C=O) groups is 1. The van der Waals surface area contributed by atoms with Crippen molar-refractivity contribution in [2.24, 2.45) is 0 Å². The fourth-order valence-corrected chi connectivity index (χ4v) is 4.23. The number of benzene rings is 1. The van der Waals surface area contributed by atoms with Crippen LogP contribution in [0.5, 0.6) is 5.75 Å². The minimum absolute atomic E-state index is 0.0941. The maximum absolute atomic E-state index is 13.2. The van der Waals surface area contributed by atoms with Crippen LogP contribution in [0.15, 0.2) is 22.7 Å². The summed E-state index contributed by atoms with van der Waals surface area (Å²) in [6.45, 7) is 9.46. The lowest BCUT2D eigenvalue weighted by atomic mass is 10.1. The molecule has 35 heavy (non-hydrogen) atoms. The molecule has 4 aromatic rings. The van der Waals surface area contributed by atoms with E-state index in [-0.39, 0.29) is 12.4 Å². The van der Waals surface area contributed by atoms with Gasteiger partial charge in [-0.25, -0.2) is 4.68 Å². The second-order valence-corrected chi connectivity index (χ2v) is 9.28. The van der Waals surface area contributed by atoms with Gasteiger partial charge in [-0.2, -0.15) is 10.2 Å². The molecule has 0 aliphatic carbocycles. The van der Waals surface area contributed by atoms with E-state index in [9.17, 15) is 4.79 Å². The molecule has 0 fully saturated rings. The number of aryl methyl sites for hydroxylation is 3. The monoisotopic (exact) mass is 536 g/mol. The summed E-state index contributed by atoms with van der Waals surface area (Å²) >= 11 is 18.4. The van der Waals surface area contributed by atoms with Crippen LogP contribution in [0.1, 0.15) is 44.6 Å². The first-order chi connectivity index (χ1) is 16.6. The summed E-state index contributed by atoms with van der Waals surface area (Å²) in [6.07, 6.45) is 0. The van der Waals surface area contributed by atoms with Crippen molar-refractivity contribution in [2.45, 2.75) is 47.9 Å². The summed E-state index contributed by atoms with van der Waals surface area (Å²) in [5.41, 5.74) is 4.17. The minimum Gasteiger partial charge on any atom is -0.470 e. The molecule has 0 atom stereocenters. The number of halogens is 3. The number of ether oxygens (including phenoxy) is 1. The van der Waals surface area contributed by atoms with Crippen LogP contribution in [0.4, 0.5) is 5.69 Å². The Hall–Kier alpha value is -3.01. The van der Waals surface area contributed by atoms with Crippen molar-refractivity contribution in [3.63, 3.8) is 0 Å². The second kappa shape index (κ2) is 9.93. The largest absolute Gasteiger partial charge is 0.470 e. The van der Waals surface area contributed by atoms with Gasteiger partial charge in [-0.05, 0) is 52.8 Å². The third kappa shape index (κ3) is 5.03. The average molecular weight is 538 g/mol. The summed E-state index contributed by atoms with van der Waals surface area (Å²) in [4.78, 5) is 13.2. The lowest BCUT2D eigenvalue weighted by molar-refractivity contribution is 0.101. The van der Waals surface area contributed by atoms with E-state index in [0.29, 0.717) is 61.5 Å². The predicted octanol–water partition coefficient (Wildman–Crippen LogP) is 5.91. The van der Waals surface area contributed by atoms with Crippen LogP contribution in [0, 0.1) is 34.6 Å². The van der Waals surface area contributed by atoms with Crippen LogP contribution in [-0.4, -0.2) is 30.6 Å². The molecular weight excluding hydrogens is 515 g/mol. The molecule has 1 aromatic carbocycles. The molecule has 0 aliphatic rings. The lowest BCUT2D eigenvalue weighted by Gasteiger charge is -2.10. The van der Waals surface area contributed by atoms with Gasteiger partial charge in [-0.15, -0.1) is 0 Å². The molecule has 4 rings (SSSR count). The number of nitrogens with one attached hydrogen (secondary N) is 1. The third-order valence-corrected chi connectivity index (χ3v) is 6.73. The Balaban J connectivity index is 1.53. The normalized spacial score (nSPS) is 11.2. The van der Waals surface area contributed by atoms with E-state index in [1.54, 1.807) is 41.4 Å². The van der Waals surface area contributed by atoms with Crippen molar-refractivity contribution in [3.8, 4) is 5.75 Å². The van der Waals surface area contributed by atoms with Crippen LogP contribution in [0.25, 0.3) is 0 Å². The molecule has 0 aliphatic heterocycles. The first-order valence-corrected chi connectivity index (χ1v) is 11.8. The first kappa shape index (κ1) is 25.1. The van der Waals surface area contributed by atoms with E-state index >= 15 is 0 Å². The molecule has 1 N–H and O–H groups in total. The predicted molar refractivity (Wildman–Crippen MR) is 134 cm³/mol. The zero-order valence-corrected chi connectivity index (χ0v) is 22.0. The Morgan fingerprint density at radius 2 is 1.74 bits per heavy atom. The van der Waals surface area contributed by atoms with Gasteiger partial charge in [0, 0.05) is 10.6 Å². The van der Waals surface area contributed by atoms with Gasteiger partial charge in [0.05, 0.1) is 45.1 Å². The zero-order valence-electron chi connectivity index (χ0n) is 19.7. The van der Waals surface area contributed by atoms with Crippen molar-refractivity contribution in [2.75, 3.05) is 5.32 Å². The molecule has 0 unspecified atom stereocenters. The van der Waals surface area contributed by atoms with E-state index in [4.69, 9.17) is 44.1 Å². The number of nitrogens with zero attached hydrogens (tertiary/aromatic N) is 5. The summed E-state index contributed by atoms with van der Waals surface area (Å²) < 4.78 is 14.5. The number of hydrogen-bond donors (Lipinski definition) is 1. The summed E-state index contributed by atoms with van der Waals surface area (Å²) in [5, 5.41) is 17.3. The fourth-order valence-electron chi connectivity index (χ4n) is 3.63. The number of aromatic nitrogens is 5. The summed E-state index contributed by atoms with van der Waals surface area (Å²) in [6, 6.07) is 4.97. The van der Waals surface area contributed by atoms with E-state index in [0.717, 1.165) is 5.69 Å². The molecule has 1 amide bonds. The molecule has 9 nitrogen and oxygen atoms in total. The molecule has 0 saturated heterocycles. The number of amides is 1. The minimum atomic E-state index is -0.420. The number of anilines is 1. The maximum Gasteiger partial charge on any atom is 0.278 e. The quantitative estimate of drug-likeness (QED) is 0.315. The Morgan fingerprint density at radius 3 is 2.40 bits per heavy atom. The highest BCUT2D eigenvalue weighted by Crippen LogP contribution is 2.29. The molecule has 0 saturated carbocycles. The van der Waals surface area contributed by atoms with Crippen molar-refractivity contribution in [1.82, 2.24) is 24.7 Å². The molecule has 184 valence electrons. The van der Waals surface area contributed by atoms with Crippen LogP contribution in [0.2, 0.25) is 15.1 Å². The van der Waals surface area contributed by atoms with Gasteiger partial charge >= 0.3 is 0 Å². The fraction of sp³-hybridized carbons (Fsp3) is 0.304. The smallest absolute Gasteiger partial charge is 0.278 e. The molecule has 0 radical (unpaired) electrons. The lowest BCUT2D eigenvalue weighted by Crippen LogP contribution is -2.17. The SMILES string of the molecule is Cc1nn(Cc2c(C(=O)Nc3c(C)nn(COc4ccc(Cl)cc4Cl)c3C)noc2C)c(C)c1Cl. The summed E-state index contributed by atoms with van der Waals surface area (Å²) in [5.74, 6) is 0.578. The Kier molecular flexibility index (Phi) is 7.12. The van der Waals surface area contributed by atoms with Crippen molar-refractivity contribution >= 4 is 46.4 Å². The Labute approximate surface area is 216 Å². The molecule has 3 heterocycles. The van der Waals surface area contributed by atoms with Gasteiger partial charge in [0.1, 0.15) is 11.5 Å². The van der Waals surface area contributed by atoms with Crippen LogP contribution in [-0.2, 0) is 13.3 Å². The maximum atomic E-state index is 13.2. The molecule has 0 spiro atoms. The van der Waals surface area contributed by atoms with E-state index in [1.165, 1.54) is 0 Å². The van der Waals surface area contributed by atoms with Crippen molar-refractivity contribution in [1.29, 1.82) is 0 Å². The Morgan fingerprint density at radius 1 is 1.03 bits per heavy atom. The van der Waals surface area contributed by atoms with E-state index in [1.807, 2.05) is 20.8 Å². The Bertz CT molecular complexity index is 1420. The second-order valence-electron chi connectivity index (χ2n) is 8.06. The van der Waals surface area contributed by atoms with E-state index in [2.05, 4.69) is 20.7 Å². The molecule has 3 aromatic heterocycles. The topological polar surface area (TPSA) is 100 Å². The number of rotatable bonds is 7. The molecular formula is C23H23Cl3N6O3. The summed E-state index contributed by atoms with van der Waals surface area (Å²) in [7, 11) is 0. The zero-order chi connectivity index (χ0) is 25.4. The van der Waals surface area contributed by atoms with Crippen LogP contribution in [0.3, 0.4) is 0 Å². The van der Waals surface area contributed by atoms with Gasteiger partial charge in [0.25, 0.3) is 5.91 Å². The van der Waals surface area contributed by atoms with Crippen LogP contribution >= 0.6 is 34.8 Å². The van der Waals surface area contributed by atoms with Crippen molar-refractivity contribution in [3.05, 3.63) is 73.1 Å². The number of carbonyl (C=O) groups excluding carboxylic acids is 1. The highest BCUT2D eigenvalue weighted by atomic mass is 35.5. The van der Waals surface area contributed by atoms with Gasteiger partial charge in [-0.1, -0.05) is 40.0 Å². The third-order valence-electron chi connectivity index (χ3n) is 5.66. The highest BCUT2D eigenvalue weighted by Gasteiger charge is 2.24. The molecule has 12 heteroatoms.